The number of imide groups is 1. The van der Waals surface area contributed by atoms with Crippen molar-refractivity contribution in [3.63, 3.8) is 0 Å². The molecule has 1 aromatic heterocycles. The molecule has 5 rings (SSSR count). The lowest BCUT2D eigenvalue weighted by atomic mass is 9.95. The summed E-state index contributed by atoms with van der Waals surface area (Å²) >= 11 is 0. The lowest BCUT2D eigenvalue weighted by Gasteiger charge is -2.32. The van der Waals surface area contributed by atoms with Gasteiger partial charge in [0.2, 0.25) is 0 Å². The first-order valence-electron chi connectivity index (χ1n) is 10.6. The molecule has 0 saturated heterocycles. The zero-order valence-corrected chi connectivity index (χ0v) is 17.7. The fraction of sp³-hybridized carbons (Fsp3) is 0.231. The molecule has 3 heterocycles. The van der Waals surface area contributed by atoms with Crippen LogP contribution in [-0.2, 0) is 22.6 Å². The summed E-state index contributed by atoms with van der Waals surface area (Å²) in [7, 11) is 0. The molecular weight excluding hydrogens is 388 g/mol. The monoisotopic (exact) mass is 412 g/mol. The van der Waals surface area contributed by atoms with E-state index >= 15 is 0 Å². The minimum absolute atomic E-state index is 0.123. The van der Waals surface area contributed by atoms with Crippen LogP contribution in [0.4, 0.5) is 5.69 Å². The number of carbonyl (C=O) groups is 2. The van der Waals surface area contributed by atoms with Gasteiger partial charge < -0.3 is 9.32 Å². The predicted molar refractivity (Wildman–Crippen MR) is 119 cm³/mol. The molecule has 3 aromatic rings. The number of benzene rings is 2. The van der Waals surface area contributed by atoms with Crippen molar-refractivity contribution in [3.05, 3.63) is 94.6 Å². The summed E-state index contributed by atoms with van der Waals surface area (Å²) in [6.07, 6.45) is 3.46. The molecule has 0 fully saturated rings. The second kappa shape index (κ2) is 7.58. The minimum atomic E-state index is -0.272. The maximum absolute atomic E-state index is 13.7. The van der Waals surface area contributed by atoms with E-state index in [0.717, 1.165) is 35.2 Å². The quantitative estimate of drug-likeness (QED) is 0.587. The van der Waals surface area contributed by atoms with Crippen molar-refractivity contribution >= 4 is 23.1 Å². The maximum Gasteiger partial charge on any atom is 0.278 e. The predicted octanol–water partition coefficient (Wildman–Crippen LogP) is 4.63. The van der Waals surface area contributed by atoms with Crippen molar-refractivity contribution in [2.24, 2.45) is 0 Å². The summed E-state index contributed by atoms with van der Waals surface area (Å²) in [5.41, 5.74) is 6.07. The molecule has 0 N–H and O–H groups in total. The van der Waals surface area contributed by atoms with Crippen molar-refractivity contribution in [1.29, 1.82) is 0 Å². The van der Waals surface area contributed by atoms with E-state index in [1.807, 2.05) is 49.1 Å². The fourth-order valence-electron chi connectivity index (χ4n) is 4.62. The van der Waals surface area contributed by atoms with Gasteiger partial charge in [-0.15, -0.1) is 0 Å². The summed E-state index contributed by atoms with van der Waals surface area (Å²) in [4.78, 5) is 30.6. The largest absolute Gasteiger partial charge is 0.467 e. The van der Waals surface area contributed by atoms with Crippen LogP contribution in [0.1, 0.15) is 34.4 Å². The second-order valence-electron chi connectivity index (χ2n) is 8.20. The Kier molecular flexibility index (Phi) is 4.74. The van der Waals surface area contributed by atoms with Crippen molar-refractivity contribution in [2.75, 3.05) is 11.4 Å². The molecule has 0 atom stereocenters. The van der Waals surface area contributed by atoms with Gasteiger partial charge in [-0.05, 0) is 61.6 Å². The molecule has 2 aliphatic rings. The maximum atomic E-state index is 13.7. The van der Waals surface area contributed by atoms with Gasteiger partial charge in [-0.3, -0.25) is 14.5 Å². The van der Waals surface area contributed by atoms with E-state index in [2.05, 4.69) is 12.1 Å². The van der Waals surface area contributed by atoms with Crippen LogP contribution in [0.25, 0.3) is 5.57 Å². The number of furan rings is 1. The third-order valence-electron chi connectivity index (χ3n) is 6.07. The Hall–Kier alpha value is -3.60. The number of rotatable bonds is 4. The van der Waals surface area contributed by atoms with Crippen molar-refractivity contribution in [3.8, 4) is 0 Å². The highest BCUT2D eigenvalue weighted by Crippen LogP contribution is 2.39. The molecule has 31 heavy (non-hydrogen) atoms. The smallest absolute Gasteiger partial charge is 0.278 e. The summed E-state index contributed by atoms with van der Waals surface area (Å²) < 4.78 is 5.43. The zero-order valence-electron chi connectivity index (χ0n) is 17.7. The summed E-state index contributed by atoms with van der Waals surface area (Å²) in [5, 5.41) is 0. The van der Waals surface area contributed by atoms with Crippen molar-refractivity contribution in [2.45, 2.75) is 33.2 Å². The van der Waals surface area contributed by atoms with Crippen LogP contribution in [0, 0.1) is 13.8 Å². The third kappa shape index (κ3) is 3.26. The number of hydrogen-bond acceptors (Lipinski definition) is 4. The lowest BCUT2D eigenvalue weighted by molar-refractivity contribution is -0.137. The van der Waals surface area contributed by atoms with Crippen LogP contribution in [0.5, 0.6) is 0 Å². The van der Waals surface area contributed by atoms with E-state index in [1.165, 1.54) is 10.5 Å². The number of hydrogen-bond donors (Lipinski definition) is 0. The zero-order chi connectivity index (χ0) is 21.5. The number of amides is 2. The Morgan fingerprint density at radius 3 is 2.58 bits per heavy atom. The molecule has 156 valence electrons. The van der Waals surface area contributed by atoms with E-state index in [9.17, 15) is 9.59 Å². The van der Waals surface area contributed by atoms with Crippen molar-refractivity contribution < 1.29 is 14.0 Å². The average Bonchev–Trinajstić information content (AvgIpc) is 3.36. The Morgan fingerprint density at radius 2 is 1.81 bits per heavy atom. The number of aryl methyl sites for hydroxylation is 3. The van der Waals surface area contributed by atoms with E-state index < -0.39 is 0 Å². The Balaban J connectivity index is 1.67. The van der Waals surface area contributed by atoms with Crippen molar-refractivity contribution in [1.82, 2.24) is 4.90 Å². The molecular formula is C26H24N2O3. The summed E-state index contributed by atoms with van der Waals surface area (Å²) in [6.45, 7) is 4.84. The van der Waals surface area contributed by atoms with Gasteiger partial charge in [0.05, 0.1) is 18.4 Å². The molecule has 2 amide bonds. The highest BCUT2D eigenvalue weighted by atomic mass is 16.3. The fourth-order valence-corrected chi connectivity index (χ4v) is 4.62. The normalized spacial score (nSPS) is 16.3. The molecule has 0 aliphatic carbocycles. The molecule has 2 aromatic carbocycles. The van der Waals surface area contributed by atoms with Crippen LogP contribution in [-0.4, -0.2) is 23.3 Å². The third-order valence-corrected chi connectivity index (χ3v) is 6.07. The Bertz CT molecular complexity index is 1210. The number of anilines is 1. The first-order chi connectivity index (χ1) is 15.0. The van der Waals surface area contributed by atoms with Crippen LogP contribution < -0.4 is 4.90 Å². The number of nitrogens with zero attached hydrogens (tertiary/aromatic N) is 2. The summed E-state index contributed by atoms with van der Waals surface area (Å²) in [5.74, 6) is 0.0430. The highest BCUT2D eigenvalue weighted by Gasteiger charge is 2.43. The average molecular weight is 412 g/mol. The molecule has 0 saturated carbocycles. The lowest BCUT2D eigenvalue weighted by Crippen LogP contribution is -2.36. The molecule has 0 bridgehead atoms. The highest BCUT2D eigenvalue weighted by molar-refractivity contribution is 6.37. The molecule has 2 aliphatic heterocycles. The second-order valence-corrected chi connectivity index (χ2v) is 8.20. The van der Waals surface area contributed by atoms with Gasteiger partial charge in [-0.1, -0.05) is 42.0 Å². The van der Waals surface area contributed by atoms with Crippen LogP contribution in [0.15, 0.2) is 71.0 Å². The van der Waals surface area contributed by atoms with Gasteiger partial charge in [-0.2, -0.15) is 0 Å². The van der Waals surface area contributed by atoms with E-state index in [0.29, 0.717) is 23.6 Å². The Morgan fingerprint density at radius 1 is 0.968 bits per heavy atom. The van der Waals surface area contributed by atoms with Gasteiger partial charge in [0.15, 0.2) is 0 Å². The van der Waals surface area contributed by atoms with Gasteiger partial charge in [0.25, 0.3) is 11.8 Å². The number of para-hydroxylation sites is 1. The standard InChI is InChI=1S/C26H24N2O3/c1-17-11-12-21(18(2)15-17)23-24(27-13-5-8-19-7-3-4-10-22(19)27)26(30)28(25(23)29)16-20-9-6-14-31-20/h3-4,6-7,9-12,14-15H,5,8,13,16H2,1-2H3. The van der Waals surface area contributed by atoms with Crippen LogP contribution in [0.3, 0.4) is 0 Å². The van der Waals surface area contributed by atoms with E-state index in [1.54, 1.807) is 18.4 Å². The van der Waals surface area contributed by atoms with Gasteiger partial charge in [0, 0.05) is 12.2 Å². The van der Waals surface area contributed by atoms with Gasteiger partial charge in [0.1, 0.15) is 11.5 Å². The number of carbonyl (C=O) groups excluding carboxylic acids is 2. The number of fused-ring (bicyclic) bond motifs is 1. The van der Waals surface area contributed by atoms with E-state index in [4.69, 9.17) is 4.42 Å². The first kappa shape index (κ1) is 19.4. The van der Waals surface area contributed by atoms with Gasteiger partial charge >= 0.3 is 0 Å². The Labute approximate surface area is 181 Å². The van der Waals surface area contributed by atoms with E-state index in [-0.39, 0.29) is 18.4 Å². The SMILES string of the molecule is Cc1ccc(C2=C(N3CCCc4ccccc43)C(=O)N(Cc3ccco3)C2=O)c(C)c1. The first-order valence-corrected chi connectivity index (χ1v) is 10.6. The van der Waals surface area contributed by atoms with Gasteiger partial charge in [-0.25, -0.2) is 0 Å². The van der Waals surface area contributed by atoms with Crippen LogP contribution in [0.2, 0.25) is 0 Å². The topological polar surface area (TPSA) is 53.8 Å². The summed E-state index contributed by atoms with van der Waals surface area (Å²) in [6, 6.07) is 17.7. The molecule has 5 nitrogen and oxygen atoms in total. The molecule has 0 spiro atoms. The molecule has 5 heteroatoms. The minimum Gasteiger partial charge on any atom is -0.467 e. The molecule has 0 unspecified atom stereocenters. The molecule has 0 radical (unpaired) electrons. The van der Waals surface area contributed by atoms with Crippen LogP contribution >= 0.6 is 0 Å².